The Balaban J connectivity index is 1.35. The van der Waals surface area contributed by atoms with Gasteiger partial charge in [-0.1, -0.05) is 78.6 Å². The lowest BCUT2D eigenvalue weighted by atomic mass is 10.1. The minimum atomic E-state index is -0.0737. The van der Waals surface area contributed by atoms with Crippen LogP contribution in [0.4, 0.5) is 0 Å². The van der Waals surface area contributed by atoms with Crippen molar-refractivity contribution in [1.82, 2.24) is 4.90 Å². The van der Waals surface area contributed by atoms with Crippen LogP contribution < -0.4 is 9.47 Å². The Kier molecular flexibility index (Phi) is 8.03. The summed E-state index contributed by atoms with van der Waals surface area (Å²) in [4.78, 5) is 15.3. The third-order valence-corrected chi connectivity index (χ3v) is 6.93. The highest BCUT2D eigenvalue weighted by molar-refractivity contribution is 8.26. The highest BCUT2D eigenvalue weighted by Gasteiger charge is 2.32. The summed E-state index contributed by atoms with van der Waals surface area (Å²) in [5.41, 5.74) is 4.38. The Bertz CT molecular complexity index is 1210. The number of amides is 1. The normalized spacial score (nSPS) is 14.6. The second-order valence-corrected chi connectivity index (χ2v) is 9.76. The highest BCUT2D eigenvalue weighted by atomic mass is 32.2. The molecule has 0 radical (unpaired) electrons. The molecular formula is C28H27NO3S2. The quantitative estimate of drug-likeness (QED) is 0.194. The SMILES string of the molecule is Cc1ccc(OCCCOc2ccccc2/C=C2\SC(=S)N(Cc3ccccc3)C2=O)cc1C. The summed E-state index contributed by atoms with van der Waals surface area (Å²) < 4.78 is 12.4. The Morgan fingerprint density at radius 3 is 2.44 bits per heavy atom. The molecule has 0 bridgehead atoms. The van der Waals surface area contributed by atoms with Crippen molar-refractivity contribution in [2.75, 3.05) is 13.2 Å². The minimum Gasteiger partial charge on any atom is -0.493 e. The molecule has 0 N–H and O–H groups in total. The first-order valence-electron chi connectivity index (χ1n) is 11.2. The average Bonchev–Trinajstić information content (AvgIpc) is 3.10. The van der Waals surface area contributed by atoms with Crippen molar-refractivity contribution in [2.45, 2.75) is 26.8 Å². The van der Waals surface area contributed by atoms with E-state index in [9.17, 15) is 4.79 Å². The van der Waals surface area contributed by atoms with Gasteiger partial charge in [0.2, 0.25) is 0 Å². The van der Waals surface area contributed by atoms with Gasteiger partial charge in [-0.25, -0.2) is 0 Å². The van der Waals surface area contributed by atoms with Gasteiger partial charge in [0, 0.05) is 12.0 Å². The van der Waals surface area contributed by atoms with Gasteiger partial charge in [-0.05, 0) is 54.8 Å². The molecule has 0 unspecified atom stereocenters. The fourth-order valence-electron chi connectivity index (χ4n) is 3.51. The summed E-state index contributed by atoms with van der Waals surface area (Å²) >= 11 is 6.81. The molecule has 0 spiro atoms. The molecule has 1 aliphatic rings. The van der Waals surface area contributed by atoms with E-state index in [1.54, 1.807) is 4.90 Å². The molecule has 6 heteroatoms. The van der Waals surface area contributed by atoms with Crippen LogP contribution in [0.2, 0.25) is 0 Å². The Hall–Kier alpha value is -3.09. The van der Waals surface area contributed by atoms with Crippen LogP contribution in [0.3, 0.4) is 0 Å². The Morgan fingerprint density at radius 1 is 0.912 bits per heavy atom. The van der Waals surface area contributed by atoms with Crippen LogP contribution in [0.5, 0.6) is 11.5 Å². The minimum absolute atomic E-state index is 0.0737. The number of hydrogen-bond donors (Lipinski definition) is 0. The van der Waals surface area contributed by atoms with Crippen LogP contribution in [0.25, 0.3) is 6.08 Å². The number of nitrogens with zero attached hydrogens (tertiary/aromatic N) is 1. The number of rotatable bonds is 9. The molecule has 3 aromatic carbocycles. The number of aryl methyl sites for hydroxylation is 2. The van der Waals surface area contributed by atoms with E-state index in [1.165, 1.54) is 22.9 Å². The molecule has 3 aromatic rings. The summed E-state index contributed by atoms with van der Waals surface area (Å²) in [7, 11) is 0. The molecule has 34 heavy (non-hydrogen) atoms. The van der Waals surface area contributed by atoms with E-state index >= 15 is 0 Å². The standard InChI is InChI=1S/C28H27NO3S2/c1-20-13-14-24(17-21(20)2)31-15-8-16-32-25-12-7-6-11-23(25)18-26-27(30)29(28(33)34-26)19-22-9-4-3-5-10-22/h3-7,9-14,17-18H,8,15-16,19H2,1-2H3/b26-18-. The molecule has 4 nitrogen and oxygen atoms in total. The fraction of sp³-hybridized carbons (Fsp3) is 0.214. The number of carbonyl (C=O) groups is 1. The second-order valence-electron chi connectivity index (χ2n) is 8.09. The fourth-order valence-corrected chi connectivity index (χ4v) is 4.76. The number of para-hydroxylation sites is 1. The lowest BCUT2D eigenvalue weighted by Gasteiger charge is -2.14. The molecule has 1 heterocycles. The number of benzene rings is 3. The molecule has 1 fully saturated rings. The van der Waals surface area contributed by atoms with Crippen molar-refractivity contribution in [3.63, 3.8) is 0 Å². The van der Waals surface area contributed by atoms with Crippen molar-refractivity contribution in [1.29, 1.82) is 0 Å². The zero-order valence-electron chi connectivity index (χ0n) is 19.3. The van der Waals surface area contributed by atoms with Crippen molar-refractivity contribution < 1.29 is 14.3 Å². The van der Waals surface area contributed by atoms with Crippen LogP contribution in [0.15, 0.2) is 77.7 Å². The molecular weight excluding hydrogens is 462 g/mol. The predicted octanol–water partition coefficient (Wildman–Crippen LogP) is 6.55. The van der Waals surface area contributed by atoms with Crippen LogP contribution in [-0.4, -0.2) is 28.3 Å². The average molecular weight is 490 g/mol. The topological polar surface area (TPSA) is 38.8 Å². The van der Waals surface area contributed by atoms with Gasteiger partial charge in [-0.15, -0.1) is 0 Å². The molecule has 0 aliphatic carbocycles. The van der Waals surface area contributed by atoms with E-state index in [0.717, 1.165) is 29.0 Å². The van der Waals surface area contributed by atoms with Gasteiger partial charge in [0.1, 0.15) is 15.8 Å². The van der Waals surface area contributed by atoms with Gasteiger partial charge in [-0.3, -0.25) is 9.69 Å². The van der Waals surface area contributed by atoms with Crippen LogP contribution >= 0.6 is 24.0 Å². The molecule has 4 rings (SSSR count). The maximum atomic E-state index is 13.0. The summed E-state index contributed by atoms with van der Waals surface area (Å²) in [5, 5.41) is 0. The second kappa shape index (κ2) is 11.4. The van der Waals surface area contributed by atoms with Crippen LogP contribution in [0.1, 0.15) is 28.7 Å². The Labute approximate surface area is 210 Å². The van der Waals surface area contributed by atoms with Gasteiger partial charge in [0.25, 0.3) is 5.91 Å². The summed E-state index contributed by atoms with van der Waals surface area (Å²) in [6.07, 6.45) is 2.62. The number of thioether (sulfide) groups is 1. The van der Waals surface area contributed by atoms with Crippen LogP contribution in [-0.2, 0) is 11.3 Å². The lowest BCUT2D eigenvalue weighted by molar-refractivity contribution is -0.122. The van der Waals surface area contributed by atoms with E-state index in [-0.39, 0.29) is 5.91 Å². The number of thiocarbonyl (C=S) groups is 1. The molecule has 1 aliphatic heterocycles. The van der Waals surface area contributed by atoms with Gasteiger partial charge in [0.05, 0.1) is 24.7 Å². The molecule has 1 amide bonds. The molecule has 1 saturated heterocycles. The number of carbonyl (C=O) groups excluding carboxylic acids is 1. The van der Waals surface area contributed by atoms with E-state index in [2.05, 4.69) is 26.0 Å². The van der Waals surface area contributed by atoms with E-state index in [1.807, 2.05) is 66.7 Å². The molecule has 174 valence electrons. The number of hydrogen-bond acceptors (Lipinski definition) is 5. The van der Waals surface area contributed by atoms with E-state index < -0.39 is 0 Å². The molecule has 0 saturated carbocycles. The maximum Gasteiger partial charge on any atom is 0.266 e. The number of ether oxygens (including phenoxy) is 2. The molecule has 0 aromatic heterocycles. The van der Waals surface area contributed by atoms with Crippen molar-refractivity contribution in [3.05, 3.63) is 100.0 Å². The summed E-state index contributed by atoms with van der Waals surface area (Å²) in [6.45, 7) is 5.73. The van der Waals surface area contributed by atoms with Crippen molar-refractivity contribution >= 4 is 40.3 Å². The monoisotopic (exact) mass is 489 g/mol. The van der Waals surface area contributed by atoms with Crippen molar-refractivity contribution in [3.8, 4) is 11.5 Å². The first kappa shape index (κ1) is 24.0. The van der Waals surface area contributed by atoms with E-state index in [4.69, 9.17) is 21.7 Å². The first-order chi connectivity index (χ1) is 16.5. The van der Waals surface area contributed by atoms with Gasteiger partial charge < -0.3 is 9.47 Å². The smallest absolute Gasteiger partial charge is 0.266 e. The van der Waals surface area contributed by atoms with Gasteiger partial charge >= 0.3 is 0 Å². The predicted molar refractivity (Wildman–Crippen MR) is 143 cm³/mol. The summed E-state index contributed by atoms with van der Waals surface area (Å²) in [5.74, 6) is 1.54. The Morgan fingerprint density at radius 2 is 1.65 bits per heavy atom. The molecule has 0 atom stereocenters. The maximum absolute atomic E-state index is 13.0. The van der Waals surface area contributed by atoms with Crippen LogP contribution in [0, 0.1) is 13.8 Å². The van der Waals surface area contributed by atoms with Gasteiger partial charge in [-0.2, -0.15) is 0 Å². The zero-order chi connectivity index (χ0) is 23.9. The van der Waals surface area contributed by atoms with E-state index in [0.29, 0.717) is 29.0 Å². The summed E-state index contributed by atoms with van der Waals surface area (Å²) in [6, 6.07) is 23.7. The zero-order valence-corrected chi connectivity index (χ0v) is 21.0. The van der Waals surface area contributed by atoms with Crippen molar-refractivity contribution in [2.24, 2.45) is 0 Å². The third-order valence-electron chi connectivity index (χ3n) is 5.56. The largest absolute Gasteiger partial charge is 0.493 e. The highest BCUT2D eigenvalue weighted by Crippen LogP contribution is 2.35. The van der Waals surface area contributed by atoms with Gasteiger partial charge in [0.15, 0.2) is 0 Å². The lowest BCUT2D eigenvalue weighted by Crippen LogP contribution is -2.27. The third kappa shape index (κ3) is 6.07. The first-order valence-corrected chi connectivity index (χ1v) is 12.4.